The van der Waals surface area contributed by atoms with Crippen molar-refractivity contribution in [1.82, 2.24) is 4.90 Å². The minimum absolute atomic E-state index is 0.0990. The van der Waals surface area contributed by atoms with Crippen molar-refractivity contribution in [3.8, 4) is 0 Å². The average Bonchev–Trinajstić information content (AvgIpc) is 2.94. The van der Waals surface area contributed by atoms with E-state index in [1.54, 1.807) is 26.8 Å². The lowest BCUT2D eigenvalue weighted by molar-refractivity contribution is -0.158. The van der Waals surface area contributed by atoms with E-state index in [0.717, 1.165) is 10.5 Å². The van der Waals surface area contributed by atoms with E-state index in [2.05, 4.69) is 6.58 Å². The summed E-state index contributed by atoms with van der Waals surface area (Å²) in [7, 11) is 0. The number of rotatable bonds is 6. The van der Waals surface area contributed by atoms with Crippen molar-refractivity contribution in [3.63, 3.8) is 0 Å². The lowest BCUT2D eigenvalue weighted by atomic mass is 9.97. The molecule has 1 aliphatic rings. The highest BCUT2D eigenvalue weighted by Crippen LogP contribution is 2.30. The zero-order valence-electron chi connectivity index (χ0n) is 15.4. The predicted octanol–water partition coefficient (Wildman–Crippen LogP) is 3.63. The first-order valence-corrected chi connectivity index (χ1v) is 8.60. The fourth-order valence-corrected chi connectivity index (χ4v) is 2.84. The van der Waals surface area contributed by atoms with Crippen molar-refractivity contribution < 1.29 is 23.9 Å². The van der Waals surface area contributed by atoms with Crippen LogP contribution in [0.3, 0.4) is 0 Å². The summed E-state index contributed by atoms with van der Waals surface area (Å²) in [5.41, 5.74) is 0.166. The quantitative estimate of drug-likeness (QED) is 0.573. The summed E-state index contributed by atoms with van der Waals surface area (Å²) in [5.74, 6) is -1.66. The van der Waals surface area contributed by atoms with Crippen LogP contribution in [0.2, 0.25) is 0 Å². The van der Waals surface area contributed by atoms with Gasteiger partial charge in [0.05, 0.1) is 12.3 Å². The number of hydrogen-bond donors (Lipinski definition) is 0. The molecule has 2 atom stereocenters. The number of ether oxygens (including phenoxy) is 2. The van der Waals surface area contributed by atoms with E-state index in [4.69, 9.17) is 9.47 Å². The van der Waals surface area contributed by atoms with Crippen molar-refractivity contribution in [2.75, 3.05) is 6.61 Å². The predicted molar refractivity (Wildman–Crippen MR) is 96.1 cm³/mol. The van der Waals surface area contributed by atoms with Crippen molar-refractivity contribution in [1.29, 1.82) is 0 Å². The lowest BCUT2D eigenvalue weighted by Crippen LogP contribution is -2.40. The molecule has 1 aliphatic heterocycles. The van der Waals surface area contributed by atoms with Gasteiger partial charge in [-0.05, 0) is 32.8 Å². The fourth-order valence-electron chi connectivity index (χ4n) is 2.84. The smallest absolute Gasteiger partial charge is 0.417 e. The van der Waals surface area contributed by atoms with Crippen LogP contribution in [0.1, 0.15) is 45.2 Å². The van der Waals surface area contributed by atoms with E-state index < -0.39 is 35.5 Å². The molecule has 0 N–H and O–H groups in total. The highest BCUT2D eigenvalue weighted by molar-refractivity contribution is 5.96. The van der Waals surface area contributed by atoms with Crippen LogP contribution in [-0.4, -0.2) is 35.1 Å². The van der Waals surface area contributed by atoms with E-state index in [-0.39, 0.29) is 19.4 Å². The fraction of sp³-hybridized carbons (Fsp3) is 0.450. The maximum Gasteiger partial charge on any atom is 0.417 e. The molecule has 0 aromatic heterocycles. The van der Waals surface area contributed by atoms with Crippen molar-refractivity contribution in [3.05, 3.63) is 48.6 Å². The molecule has 0 aliphatic carbocycles. The highest BCUT2D eigenvalue weighted by Gasteiger charge is 2.42. The van der Waals surface area contributed by atoms with Gasteiger partial charge in [-0.2, -0.15) is 0 Å². The molecule has 0 saturated carbocycles. The molecule has 1 unspecified atom stereocenters. The van der Waals surface area contributed by atoms with E-state index in [1.165, 1.54) is 0 Å². The third kappa shape index (κ3) is 4.94. The van der Waals surface area contributed by atoms with Crippen LogP contribution >= 0.6 is 0 Å². The average molecular weight is 359 g/mol. The van der Waals surface area contributed by atoms with Gasteiger partial charge in [-0.1, -0.05) is 36.4 Å². The Morgan fingerprint density at radius 3 is 2.58 bits per heavy atom. The second-order valence-electron chi connectivity index (χ2n) is 7.22. The summed E-state index contributed by atoms with van der Waals surface area (Å²) < 4.78 is 10.4. The molecule has 2 rings (SSSR count). The Balaban J connectivity index is 2.19. The molecule has 0 radical (unpaired) electrons. The van der Waals surface area contributed by atoms with E-state index in [1.807, 2.05) is 30.3 Å². The van der Waals surface area contributed by atoms with Crippen LogP contribution in [-0.2, 0) is 19.1 Å². The number of carbonyl (C=O) groups excluding carboxylic acids is 3. The third-order valence-corrected chi connectivity index (χ3v) is 3.93. The number of esters is 1. The van der Waals surface area contributed by atoms with Gasteiger partial charge < -0.3 is 9.47 Å². The monoisotopic (exact) mass is 359 g/mol. The Bertz CT molecular complexity index is 677. The van der Waals surface area contributed by atoms with Crippen LogP contribution in [0.5, 0.6) is 0 Å². The van der Waals surface area contributed by atoms with Gasteiger partial charge >= 0.3 is 12.1 Å². The van der Waals surface area contributed by atoms with Crippen LogP contribution in [0.4, 0.5) is 4.79 Å². The maximum atomic E-state index is 13.0. The molecule has 2 amide bonds. The van der Waals surface area contributed by atoms with Gasteiger partial charge in [-0.25, -0.2) is 9.69 Å². The van der Waals surface area contributed by atoms with Gasteiger partial charge in [0.15, 0.2) is 0 Å². The molecular weight excluding hydrogens is 334 g/mol. The number of amides is 2. The van der Waals surface area contributed by atoms with Crippen molar-refractivity contribution in [2.45, 2.75) is 45.3 Å². The Labute approximate surface area is 153 Å². The summed E-state index contributed by atoms with van der Waals surface area (Å²) in [5, 5.41) is 0. The number of hydrogen-bond acceptors (Lipinski definition) is 5. The number of carbonyl (C=O) groups is 3. The Hall–Kier alpha value is -2.63. The molecule has 0 bridgehead atoms. The second-order valence-corrected chi connectivity index (χ2v) is 7.22. The molecule has 1 aromatic carbocycles. The van der Waals surface area contributed by atoms with Gasteiger partial charge in [-0.3, -0.25) is 9.59 Å². The molecule has 26 heavy (non-hydrogen) atoms. The van der Waals surface area contributed by atoms with Gasteiger partial charge in [0.2, 0.25) is 5.91 Å². The van der Waals surface area contributed by atoms with Gasteiger partial charge in [-0.15, -0.1) is 6.58 Å². The highest BCUT2D eigenvalue weighted by atomic mass is 16.6. The minimum Gasteiger partial charge on any atom is -0.460 e. The summed E-state index contributed by atoms with van der Waals surface area (Å²) in [6.45, 7) is 9.03. The minimum atomic E-state index is -0.723. The van der Waals surface area contributed by atoms with Crippen molar-refractivity contribution in [2.24, 2.45) is 5.92 Å². The first-order chi connectivity index (χ1) is 12.2. The lowest BCUT2D eigenvalue weighted by Gasteiger charge is -2.25. The molecule has 140 valence electrons. The van der Waals surface area contributed by atoms with Crippen LogP contribution in [0.15, 0.2) is 43.0 Å². The zero-order chi connectivity index (χ0) is 19.3. The molecule has 1 aromatic rings. The number of nitrogens with zero attached hydrogens (tertiary/aromatic N) is 1. The number of benzene rings is 1. The molecule has 6 heteroatoms. The van der Waals surface area contributed by atoms with Gasteiger partial charge in [0.1, 0.15) is 18.2 Å². The van der Waals surface area contributed by atoms with Crippen LogP contribution in [0.25, 0.3) is 0 Å². The topological polar surface area (TPSA) is 72.9 Å². The third-order valence-electron chi connectivity index (χ3n) is 3.93. The summed E-state index contributed by atoms with van der Waals surface area (Å²) in [6, 6.07) is 8.70. The van der Waals surface area contributed by atoms with Gasteiger partial charge in [0, 0.05) is 0 Å². The number of cyclic esters (lactones) is 1. The summed E-state index contributed by atoms with van der Waals surface area (Å²) in [6.07, 6.45) is 1.02. The van der Waals surface area contributed by atoms with E-state index >= 15 is 0 Å². The largest absolute Gasteiger partial charge is 0.460 e. The molecule has 0 spiro atoms. The SMILES string of the molecule is C=CC[C@H](CC(=O)OC(C)(C)C)C(=O)N1C(=O)OCC1c1ccccc1. The zero-order valence-corrected chi connectivity index (χ0v) is 15.4. The Morgan fingerprint density at radius 2 is 2.00 bits per heavy atom. The molecule has 1 heterocycles. The Morgan fingerprint density at radius 1 is 1.35 bits per heavy atom. The van der Waals surface area contributed by atoms with Gasteiger partial charge in [0.25, 0.3) is 0 Å². The van der Waals surface area contributed by atoms with E-state index in [9.17, 15) is 14.4 Å². The van der Waals surface area contributed by atoms with Crippen LogP contribution in [0, 0.1) is 5.92 Å². The molecule has 1 fully saturated rings. The standard InChI is InChI=1S/C20H25NO5/c1-5-9-15(12-17(22)26-20(2,3)4)18(23)21-16(13-25-19(21)24)14-10-7-6-8-11-14/h5-8,10-11,15-16H,1,9,12-13H2,2-4H3/t15-,16?/m1/s1. The van der Waals surface area contributed by atoms with Crippen LogP contribution < -0.4 is 0 Å². The van der Waals surface area contributed by atoms with E-state index in [0.29, 0.717) is 0 Å². The molecular formula is C20H25NO5. The normalized spacial score (nSPS) is 18.2. The molecule has 1 saturated heterocycles. The first kappa shape index (κ1) is 19.7. The number of imide groups is 1. The van der Waals surface area contributed by atoms with Crippen molar-refractivity contribution >= 4 is 18.0 Å². The summed E-state index contributed by atoms with van der Waals surface area (Å²) in [4.78, 5) is 38.4. The maximum absolute atomic E-state index is 13.0. The Kier molecular flexibility index (Phi) is 6.18. The first-order valence-electron chi connectivity index (χ1n) is 8.60. The molecule has 6 nitrogen and oxygen atoms in total. The summed E-state index contributed by atoms with van der Waals surface area (Å²) >= 11 is 0. The number of allylic oxidation sites excluding steroid dienone is 1. The second kappa shape index (κ2) is 8.17.